The standard InChI is InChI=1S/C11H18N2O4/c1-17-8-3-2-7(6-8)12-10(16)13-11(4-5-11)9(14)15/h7-8H,2-6H2,1H3,(H,14,15)(H2,12,13,16). The van der Waals surface area contributed by atoms with E-state index in [2.05, 4.69) is 10.6 Å². The predicted octanol–water partition coefficient (Wildman–Crippen LogP) is 0.470. The summed E-state index contributed by atoms with van der Waals surface area (Å²) >= 11 is 0. The van der Waals surface area contributed by atoms with Crippen molar-refractivity contribution in [2.75, 3.05) is 7.11 Å². The Balaban J connectivity index is 1.77. The van der Waals surface area contributed by atoms with Crippen LogP contribution in [0.3, 0.4) is 0 Å². The molecule has 6 heteroatoms. The second-order valence-electron chi connectivity index (χ2n) is 4.85. The van der Waals surface area contributed by atoms with Crippen LogP contribution in [0.1, 0.15) is 32.1 Å². The van der Waals surface area contributed by atoms with Gasteiger partial charge in [0.15, 0.2) is 0 Å². The van der Waals surface area contributed by atoms with Crippen LogP contribution >= 0.6 is 0 Å². The number of carboxylic acid groups (broad SMARTS) is 1. The van der Waals surface area contributed by atoms with Crippen LogP contribution in [0.5, 0.6) is 0 Å². The highest BCUT2D eigenvalue weighted by atomic mass is 16.5. The van der Waals surface area contributed by atoms with Crippen molar-refractivity contribution in [2.24, 2.45) is 0 Å². The molecule has 2 saturated carbocycles. The van der Waals surface area contributed by atoms with Gasteiger partial charge in [-0.3, -0.25) is 0 Å². The van der Waals surface area contributed by atoms with Crippen LogP contribution in [-0.4, -0.2) is 41.9 Å². The molecular formula is C11H18N2O4. The van der Waals surface area contributed by atoms with Crippen molar-refractivity contribution in [2.45, 2.75) is 49.8 Å². The minimum atomic E-state index is -1.01. The lowest BCUT2D eigenvalue weighted by Gasteiger charge is -2.17. The number of carboxylic acids is 1. The molecule has 17 heavy (non-hydrogen) atoms. The number of carbonyl (C=O) groups is 2. The summed E-state index contributed by atoms with van der Waals surface area (Å²) in [7, 11) is 1.66. The number of aliphatic carboxylic acids is 1. The number of ether oxygens (including phenoxy) is 1. The van der Waals surface area contributed by atoms with E-state index in [1.54, 1.807) is 7.11 Å². The van der Waals surface area contributed by atoms with Gasteiger partial charge >= 0.3 is 12.0 Å². The summed E-state index contributed by atoms with van der Waals surface area (Å²) in [6.45, 7) is 0. The Morgan fingerprint density at radius 2 is 2.06 bits per heavy atom. The Kier molecular flexibility index (Phi) is 3.24. The summed E-state index contributed by atoms with van der Waals surface area (Å²) in [5, 5.41) is 14.3. The van der Waals surface area contributed by atoms with Crippen molar-refractivity contribution in [3.8, 4) is 0 Å². The molecule has 2 fully saturated rings. The fraction of sp³-hybridized carbons (Fsp3) is 0.818. The van der Waals surface area contributed by atoms with Gasteiger partial charge in [0, 0.05) is 13.2 Å². The zero-order chi connectivity index (χ0) is 12.5. The highest BCUT2D eigenvalue weighted by Crippen LogP contribution is 2.35. The van der Waals surface area contributed by atoms with Crippen LogP contribution in [0.2, 0.25) is 0 Å². The average Bonchev–Trinajstić information content (AvgIpc) is 2.91. The van der Waals surface area contributed by atoms with E-state index < -0.39 is 11.5 Å². The van der Waals surface area contributed by atoms with Gasteiger partial charge in [0.05, 0.1) is 6.10 Å². The molecule has 0 aromatic rings. The van der Waals surface area contributed by atoms with Gasteiger partial charge in [-0.05, 0) is 32.1 Å². The summed E-state index contributed by atoms with van der Waals surface area (Å²) in [4.78, 5) is 22.5. The monoisotopic (exact) mass is 242 g/mol. The topological polar surface area (TPSA) is 87.7 Å². The summed E-state index contributed by atoms with van der Waals surface area (Å²) in [6, 6.07) is -0.295. The van der Waals surface area contributed by atoms with Gasteiger partial charge in [-0.2, -0.15) is 0 Å². The third-order valence-electron chi connectivity index (χ3n) is 3.57. The summed E-state index contributed by atoms with van der Waals surface area (Å²) in [5.41, 5.74) is -1.01. The third kappa shape index (κ3) is 2.69. The molecule has 0 aromatic carbocycles. The number of urea groups is 1. The Labute approximate surface area is 99.7 Å². The lowest BCUT2D eigenvalue weighted by Crippen LogP contribution is -2.50. The minimum Gasteiger partial charge on any atom is -0.480 e. The zero-order valence-electron chi connectivity index (χ0n) is 9.86. The Hall–Kier alpha value is -1.30. The summed E-state index contributed by atoms with van der Waals surface area (Å²) in [6.07, 6.45) is 3.85. The first-order chi connectivity index (χ1) is 8.05. The minimum absolute atomic E-state index is 0.0875. The molecule has 0 bridgehead atoms. The first-order valence-corrected chi connectivity index (χ1v) is 5.90. The van der Waals surface area contributed by atoms with Gasteiger partial charge in [-0.25, -0.2) is 9.59 Å². The van der Waals surface area contributed by atoms with Gasteiger partial charge in [0.2, 0.25) is 0 Å². The van der Waals surface area contributed by atoms with Crippen molar-refractivity contribution in [3.63, 3.8) is 0 Å². The summed E-state index contributed by atoms with van der Waals surface area (Å²) in [5.74, 6) is -0.950. The molecule has 96 valence electrons. The van der Waals surface area contributed by atoms with Crippen LogP contribution in [0, 0.1) is 0 Å². The lowest BCUT2D eigenvalue weighted by molar-refractivity contribution is -0.140. The summed E-state index contributed by atoms with van der Waals surface area (Å²) < 4.78 is 5.21. The molecule has 2 amide bonds. The third-order valence-corrected chi connectivity index (χ3v) is 3.57. The van der Waals surface area contributed by atoms with E-state index in [1.807, 2.05) is 0 Å². The smallest absolute Gasteiger partial charge is 0.329 e. The molecule has 2 aliphatic rings. The maximum absolute atomic E-state index is 11.6. The van der Waals surface area contributed by atoms with Crippen molar-refractivity contribution >= 4 is 12.0 Å². The molecule has 0 aliphatic heterocycles. The maximum atomic E-state index is 11.6. The van der Waals surface area contributed by atoms with Gasteiger partial charge < -0.3 is 20.5 Å². The molecule has 2 atom stereocenters. The van der Waals surface area contributed by atoms with E-state index in [1.165, 1.54) is 0 Å². The number of carbonyl (C=O) groups excluding carboxylic acids is 1. The predicted molar refractivity (Wildman–Crippen MR) is 59.7 cm³/mol. The number of amides is 2. The fourth-order valence-corrected chi connectivity index (χ4v) is 2.24. The SMILES string of the molecule is COC1CCC(NC(=O)NC2(C(=O)O)CC2)C1. The van der Waals surface area contributed by atoms with Crippen molar-refractivity contribution in [1.29, 1.82) is 0 Å². The molecule has 0 radical (unpaired) electrons. The molecule has 2 unspecified atom stereocenters. The van der Waals surface area contributed by atoms with E-state index in [4.69, 9.17) is 9.84 Å². The molecular weight excluding hydrogens is 224 g/mol. The van der Waals surface area contributed by atoms with E-state index in [-0.39, 0.29) is 18.2 Å². The van der Waals surface area contributed by atoms with Crippen molar-refractivity contribution in [3.05, 3.63) is 0 Å². The normalized spacial score (nSPS) is 29.7. The van der Waals surface area contributed by atoms with Gasteiger partial charge in [-0.15, -0.1) is 0 Å². The Morgan fingerprint density at radius 3 is 2.53 bits per heavy atom. The van der Waals surface area contributed by atoms with Crippen molar-refractivity contribution < 1.29 is 19.4 Å². The maximum Gasteiger partial charge on any atom is 0.329 e. The Morgan fingerprint density at radius 1 is 1.35 bits per heavy atom. The van der Waals surface area contributed by atoms with E-state index >= 15 is 0 Å². The van der Waals surface area contributed by atoms with Gasteiger partial charge in [0.25, 0.3) is 0 Å². The molecule has 0 heterocycles. The highest BCUT2D eigenvalue weighted by Gasteiger charge is 2.51. The van der Waals surface area contributed by atoms with Crippen LogP contribution in [0.4, 0.5) is 4.79 Å². The van der Waals surface area contributed by atoms with Crippen LogP contribution in [0.15, 0.2) is 0 Å². The van der Waals surface area contributed by atoms with Crippen LogP contribution in [0.25, 0.3) is 0 Å². The second kappa shape index (κ2) is 4.52. The molecule has 0 spiro atoms. The van der Waals surface area contributed by atoms with Crippen LogP contribution in [-0.2, 0) is 9.53 Å². The number of hydrogen-bond donors (Lipinski definition) is 3. The zero-order valence-corrected chi connectivity index (χ0v) is 9.86. The number of hydrogen-bond acceptors (Lipinski definition) is 3. The van der Waals surface area contributed by atoms with Crippen LogP contribution < -0.4 is 10.6 Å². The first-order valence-electron chi connectivity index (χ1n) is 5.90. The largest absolute Gasteiger partial charge is 0.480 e. The quantitative estimate of drug-likeness (QED) is 0.668. The molecule has 0 saturated heterocycles. The Bertz CT molecular complexity index is 327. The molecule has 2 rings (SSSR count). The van der Waals surface area contributed by atoms with E-state index in [0.29, 0.717) is 12.8 Å². The molecule has 0 aromatic heterocycles. The number of rotatable bonds is 4. The fourth-order valence-electron chi connectivity index (χ4n) is 2.24. The average molecular weight is 242 g/mol. The van der Waals surface area contributed by atoms with E-state index in [9.17, 15) is 9.59 Å². The highest BCUT2D eigenvalue weighted by molar-refractivity contribution is 5.89. The molecule has 2 aliphatic carbocycles. The number of methoxy groups -OCH3 is 1. The number of nitrogens with one attached hydrogen (secondary N) is 2. The van der Waals surface area contributed by atoms with E-state index in [0.717, 1.165) is 19.3 Å². The lowest BCUT2D eigenvalue weighted by atomic mass is 10.2. The van der Waals surface area contributed by atoms with Gasteiger partial charge in [-0.1, -0.05) is 0 Å². The van der Waals surface area contributed by atoms with Gasteiger partial charge in [0.1, 0.15) is 5.54 Å². The molecule has 3 N–H and O–H groups in total. The molecule has 6 nitrogen and oxygen atoms in total. The first kappa shape index (κ1) is 12.2. The van der Waals surface area contributed by atoms with Crippen molar-refractivity contribution in [1.82, 2.24) is 10.6 Å². The second-order valence-corrected chi connectivity index (χ2v) is 4.85.